The molecule has 3 N–H and O–H groups in total. The fourth-order valence-corrected chi connectivity index (χ4v) is 4.57. The van der Waals surface area contributed by atoms with E-state index in [1.54, 1.807) is 0 Å². The predicted molar refractivity (Wildman–Crippen MR) is 61.0 cm³/mol. The zero-order valence-corrected chi connectivity index (χ0v) is 9.82. The van der Waals surface area contributed by atoms with Gasteiger partial charge in [0.1, 0.15) is 0 Å². The average molecular weight is 226 g/mol. The van der Waals surface area contributed by atoms with Crippen LogP contribution in [-0.4, -0.2) is 55.0 Å². The van der Waals surface area contributed by atoms with Gasteiger partial charge in [-0.05, 0) is 18.8 Å². The first-order valence-corrected chi connectivity index (χ1v) is 6.45. The van der Waals surface area contributed by atoms with Crippen LogP contribution in [0.2, 0.25) is 0 Å². The molecule has 0 amide bonds. The van der Waals surface area contributed by atoms with Crippen molar-refractivity contribution in [1.82, 2.24) is 4.90 Å². The molecule has 16 heavy (non-hydrogen) atoms. The molecule has 0 bridgehead atoms. The lowest BCUT2D eigenvalue weighted by atomic mass is 9.93. The molecule has 0 spiro atoms. The number of aliphatic hydroxyl groups excluding tert-OH is 1. The number of ether oxygens (including phenoxy) is 1. The summed E-state index contributed by atoms with van der Waals surface area (Å²) < 4.78 is 5.41. The lowest BCUT2D eigenvalue weighted by Crippen LogP contribution is -2.53. The van der Waals surface area contributed by atoms with Crippen LogP contribution in [0.25, 0.3) is 0 Å². The third kappa shape index (κ3) is 1.09. The highest BCUT2D eigenvalue weighted by atomic mass is 16.5. The smallest absolute Gasteiger partial charge is 0.0594 e. The first-order chi connectivity index (χ1) is 7.82. The van der Waals surface area contributed by atoms with Crippen LogP contribution in [0.4, 0.5) is 0 Å². The summed E-state index contributed by atoms with van der Waals surface area (Å²) in [6.07, 6.45) is 3.66. The Morgan fingerprint density at radius 2 is 2.12 bits per heavy atom. The van der Waals surface area contributed by atoms with E-state index >= 15 is 0 Å². The monoisotopic (exact) mass is 226 g/mol. The summed E-state index contributed by atoms with van der Waals surface area (Å²) >= 11 is 0. The Hall–Kier alpha value is -0.160. The fraction of sp³-hybridized carbons (Fsp3) is 1.00. The highest BCUT2D eigenvalue weighted by Crippen LogP contribution is 2.72. The zero-order chi connectivity index (χ0) is 11.2. The van der Waals surface area contributed by atoms with Gasteiger partial charge in [-0.15, -0.1) is 0 Å². The molecule has 3 rings (SSSR count). The number of nitrogens with zero attached hydrogens (tertiary/aromatic N) is 1. The van der Waals surface area contributed by atoms with Crippen molar-refractivity contribution in [3.63, 3.8) is 0 Å². The molecule has 3 fully saturated rings. The molecule has 0 aromatic rings. The number of fused-ring (bicyclic) bond motifs is 1. The lowest BCUT2D eigenvalue weighted by molar-refractivity contribution is -0.0106. The van der Waals surface area contributed by atoms with Crippen LogP contribution in [-0.2, 0) is 4.74 Å². The molecular weight excluding hydrogens is 204 g/mol. The van der Waals surface area contributed by atoms with Crippen molar-refractivity contribution >= 4 is 0 Å². The van der Waals surface area contributed by atoms with Crippen molar-refractivity contribution < 1.29 is 9.84 Å². The minimum Gasteiger partial charge on any atom is -0.396 e. The molecule has 0 aromatic carbocycles. The minimum absolute atomic E-state index is 0.101. The summed E-state index contributed by atoms with van der Waals surface area (Å²) in [7, 11) is 0. The van der Waals surface area contributed by atoms with E-state index in [1.807, 2.05) is 0 Å². The summed E-state index contributed by atoms with van der Waals surface area (Å²) in [5, 5.41) is 9.75. The molecule has 0 unspecified atom stereocenters. The number of nitrogens with two attached hydrogens (primary N) is 1. The van der Waals surface area contributed by atoms with Gasteiger partial charge in [-0.1, -0.05) is 6.42 Å². The molecule has 3 aliphatic rings. The van der Waals surface area contributed by atoms with E-state index in [2.05, 4.69) is 4.90 Å². The zero-order valence-electron chi connectivity index (χ0n) is 9.82. The van der Waals surface area contributed by atoms with Crippen molar-refractivity contribution in [2.75, 3.05) is 39.5 Å². The second kappa shape index (κ2) is 3.67. The Morgan fingerprint density at radius 1 is 1.38 bits per heavy atom. The Bertz CT molecular complexity index is 280. The first kappa shape index (κ1) is 11.0. The van der Waals surface area contributed by atoms with Crippen molar-refractivity contribution in [1.29, 1.82) is 0 Å². The number of morpholine rings is 1. The number of hydrogen-bond donors (Lipinski definition) is 2. The highest BCUT2D eigenvalue weighted by Gasteiger charge is 2.78. The highest BCUT2D eigenvalue weighted by molar-refractivity contribution is 5.31. The van der Waals surface area contributed by atoms with Crippen LogP contribution >= 0.6 is 0 Å². The SMILES string of the molecule is NC[C@]1(N2CCOCC2)[C@@H]2CCC[C@]21CO. The maximum atomic E-state index is 9.75. The second-order valence-corrected chi connectivity index (χ2v) is 5.49. The van der Waals surface area contributed by atoms with Crippen molar-refractivity contribution in [2.45, 2.75) is 24.8 Å². The molecule has 2 aliphatic carbocycles. The molecule has 0 radical (unpaired) electrons. The van der Waals surface area contributed by atoms with Crippen molar-refractivity contribution in [2.24, 2.45) is 17.1 Å². The molecule has 4 heteroatoms. The van der Waals surface area contributed by atoms with Crippen LogP contribution in [0.15, 0.2) is 0 Å². The van der Waals surface area contributed by atoms with Gasteiger partial charge in [0, 0.05) is 30.6 Å². The van der Waals surface area contributed by atoms with E-state index in [4.69, 9.17) is 10.5 Å². The number of hydrogen-bond acceptors (Lipinski definition) is 4. The molecule has 1 saturated heterocycles. The van der Waals surface area contributed by atoms with Crippen molar-refractivity contribution in [3.8, 4) is 0 Å². The number of aliphatic hydroxyl groups is 1. The summed E-state index contributed by atoms with van der Waals surface area (Å²) in [5.41, 5.74) is 6.28. The largest absolute Gasteiger partial charge is 0.396 e. The first-order valence-electron chi connectivity index (χ1n) is 6.45. The van der Waals surface area contributed by atoms with Gasteiger partial charge in [0.15, 0.2) is 0 Å². The molecule has 0 aromatic heterocycles. The number of rotatable bonds is 3. The quantitative estimate of drug-likeness (QED) is 0.700. The molecule has 1 aliphatic heterocycles. The van der Waals surface area contributed by atoms with E-state index in [1.165, 1.54) is 12.8 Å². The van der Waals surface area contributed by atoms with E-state index in [9.17, 15) is 5.11 Å². The summed E-state index contributed by atoms with van der Waals surface area (Å²) in [6, 6.07) is 0. The normalized spacial score (nSPS) is 48.0. The van der Waals surface area contributed by atoms with Gasteiger partial charge in [-0.2, -0.15) is 0 Å². The molecule has 2 saturated carbocycles. The minimum atomic E-state index is 0.101. The molecule has 4 nitrogen and oxygen atoms in total. The van der Waals surface area contributed by atoms with Gasteiger partial charge in [0.25, 0.3) is 0 Å². The van der Waals surface area contributed by atoms with Crippen LogP contribution in [0.5, 0.6) is 0 Å². The summed E-state index contributed by atoms with van der Waals surface area (Å²) in [4.78, 5) is 2.50. The summed E-state index contributed by atoms with van der Waals surface area (Å²) in [6.45, 7) is 4.60. The third-order valence-electron chi connectivity index (χ3n) is 5.31. The van der Waals surface area contributed by atoms with E-state index in [0.29, 0.717) is 19.1 Å². The topological polar surface area (TPSA) is 58.7 Å². The van der Waals surface area contributed by atoms with Crippen molar-refractivity contribution in [3.05, 3.63) is 0 Å². The van der Waals surface area contributed by atoms with Crippen LogP contribution in [0.3, 0.4) is 0 Å². The van der Waals surface area contributed by atoms with Gasteiger partial charge in [-0.3, -0.25) is 4.90 Å². The second-order valence-electron chi connectivity index (χ2n) is 5.49. The molecule has 3 atom stereocenters. The van der Waals surface area contributed by atoms with Gasteiger partial charge in [0.05, 0.1) is 19.8 Å². The molecule has 92 valence electrons. The Labute approximate surface area is 96.7 Å². The lowest BCUT2D eigenvalue weighted by Gasteiger charge is -2.39. The van der Waals surface area contributed by atoms with Crippen LogP contribution < -0.4 is 5.73 Å². The van der Waals surface area contributed by atoms with E-state index < -0.39 is 0 Å². The van der Waals surface area contributed by atoms with Gasteiger partial charge >= 0.3 is 0 Å². The van der Waals surface area contributed by atoms with Gasteiger partial charge < -0.3 is 15.6 Å². The third-order valence-corrected chi connectivity index (χ3v) is 5.31. The van der Waals surface area contributed by atoms with E-state index in [-0.39, 0.29) is 11.0 Å². The Balaban J connectivity index is 1.85. The maximum Gasteiger partial charge on any atom is 0.0594 e. The van der Waals surface area contributed by atoms with Crippen LogP contribution in [0, 0.1) is 11.3 Å². The van der Waals surface area contributed by atoms with Crippen LogP contribution in [0.1, 0.15) is 19.3 Å². The van der Waals surface area contributed by atoms with E-state index in [0.717, 1.165) is 32.7 Å². The molecule has 1 heterocycles. The maximum absolute atomic E-state index is 9.75. The van der Waals surface area contributed by atoms with Gasteiger partial charge in [0.2, 0.25) is 0 Å². The Kier molecular flexibility index (Phi) is 2.51. The Morgan fingerprint density at radius 3 is 2.69 bits per heavy atom. The predicted octanol–water partition coefficient (Wildman–Crippen LogP) is -0.192. The average Bonchev–Trinajstić information content (AvgIpc) is 2.68. The summed E-state index contributed by atoms with van der Waals surface area (Å²) in [5.74, 6) is 0.632. The molecular formula is C12H22N2O2. The standard InChI is InChI=1S/C12H22N2O2/c13-8-12(14-4-6-16-7-5-14)10-2-1-3-11(10,12)9-15/h10,15H,1-9,13H2/t10-,11+,12+/m1/s1. The fourth-order valence-electron chi connectivity index (χ4n) is 4.57. The van der Waals surface area contributed by atoms with Gasteiger partial charge in [-0.25, -0.2) is 0 Å².